The van der Waals surface area contributed by atoms with Crippen molar-refractivity contribution in [1.29, 1.82) is 5.26 Å². The second kappa shape index (κ2) is 5.65. The molecule has 2 N–H and O–H groups in total. The minimum atomic E-state index is -0.286. The Balaban J connectivity index is 2.77. The van der Waals surface area contributed by atoms with Crippen LogP contribution in [0.2, 0.25) is 0 Å². The highest BCUT2D eigenvalue weighted by Gasteiger charge is 2.15. The van der Waals surface area contributed by atoms with Crippen molar-refractivity contribution in [3.8, 4) is 6.07 Å². The zero-order valence-electron chi connectivity index (χ0n) is 12.0. The summed E-state index contributed by atoms with van der Waals surface area (Å²) in [6.07, 6.45) is 0. The molecule has 0 radical (unpaired) electrons. The first-order valence-corrected chi connectivity index (χ1v) is 6.03. The second-order valence-electron chi connectivity index (χ2n) is 5.40. The lowest BCUT2D eigenvalue weighted by Crippen LogP contribution is -2.43. The Kier molecular flexibility index (Phi) is 4.43. The summed E-state index contributed by atoms with van der Waals surface area (Å²) in [5.74, 6) is 0.186. The molecule has 19 heavy (non-hydrogen) atoms. The fourth-order valence-electron chi connectivity index (χ4n) is 1.50. The van der Waals surface area contributed by atoms with E-state index in [0.717, 1.165) is 5.56 Å². The van der Waals surface area contributed by atoms with Gasteiger partial charge in [0.1, 0.15) is 11.6 Å². The Morgan fingerprint density at radius 3 is 2.47 bits per heavy atom. The first kappa shape index (κ1) is 14.9. The Hall–Kier alpha value is -2.16. The Bertz CT molecular complexity index is 525. The van der Waals surface area contributed by atoms with Crippen molar-refractivity contribution in [3.05, 3.63) is 16.8 Å². The van der Waals surface area contributed by atoms with Crippen molar-refractivity contribution >= 4 is 11.7 Å². The van der Waals surface area contributed by atoms with E-state index >= 15 is 0 Å². The van der Waals surface area contributed by atoms with Gasteiger partial charge in [-0.1, -0.05) is 0 Å². The minimum absolute atomic E-state index is 0.0587. The Labute approximate surface area is 113 Å². The fourth-order valence-corrected chi connectivity index (χ4v) is 1.50. The molecule has 0 spiro atoms. The van der Waals surface area contributed by atoms with E-state index in [1.807, 2.05) is 27.7 Å². The molecule has 1 aromatic rings. The molecule has 0 fully saturated rings. The van der Waals surface area contributed by atoms with Crippen LogP contribution in [-0.2, 0) is 4.79 Å². The van der Waals surface area contributed by atoms with Gasteiger partial charge in [0.25, 0.3) is 0 Å². The number of amides is 1. The maximum absolute atomic E-state index is 11.7. The molecule has 1 aromatic heterocycles. The van der Waals surface area contributed by atoms with Gasteiger partial charge in [-0.2, -0.15) is 10.4 Å². The summed E-state index contributed by atoms with van der Waals surface area (Å²) in [4.78, 5) is 11.7. The first-order valence-electron chi connectivity index (χ1n) is 6.03. The monoisotopic (exact) mass is 261 g/mol. The molecule has 0 aliphatic rings. The van der Waals surface area contributed by atoms with Crippen molar-refractivity contribution in [3.63, 3.8) is 0 Å². The van der Waals surface area contributed by atoms with Gasteiger partial charge in [0, 0.05) is 5.54 Å². The van der Waals surface area contributed by atoms with Crippen molar-refractivity contribution in [2.24, 2.45) is 0 Å². The standard InChI is InChI=1S/C13H19N5O/c1-8-9(2)17-18-12(10(8)6-14)15-7-11(19)16-13(3,4)5/h7H2,1-5H3,(H,15,18)(H,16,19). The summed E-state index contributed by atoms with van der Waals surface area (Å²) in [5, 5.41) is 22.6. The number of nitriles is 1. The lowest BCUT2D eigenvalue weighted by Gasteiger charge is -2.20. The first-order chi connectivity index (χ1) is 8.74. The molecule has 0 aliphatic heterocycles. The molecule has 0 atom stereocenters. The van der Waals surface area contributed by atoms with Crippen LogP contribution in [0.3, 0.4) is 0 Å². The van der Waals surface area contributed by atoms with Crippen LogP contribution in [-0.4, -0.2) is 28.2 Å². The van der Waals surface area contributed by atoms with Gasteiger partial charge in [-0.25, -0.2) is 0 Å². The number of aryl methyl sites for hydroxylation is 1. The van der Waals surface area contributed by atoms with Gasteiger partial charge in [-0.05, 0) is 40.2 Å². The Morgan fingerprint density at radius 2 is 1.95 bits per heavy atom. The lowest BCUT2D eigenvalue weighted by atomic mass is 10.1. The smallest absolute Gasteiger partial charge is 0.239 e. The summed E-state index contributed by atoms with van der Waals surface area (Å²) < 4.78 is 0. The average molecular weight is 261 g/mol. The van der Waals surface area contributed by atoms with Gasteiger partial charge in [0.05, 0.1) is 12.2 Å². The van der Waals surface area contributed by atoms with Crippen molar-refractivity contribution in [1.82, 2.24) is 15.5 Å². The Morgan fingerprint density at radius 1 is 1.32 bits per heavy atom. The van der Waals surface area contributed by atoms with Crippen molar-refractivity contribution in [2.75, 3.05) is 11.9 Å². The molecule has 0 aromatic carbocycles. The van der Waals surface area contributed by atoms with Gasteiger partial charge in [-0.15, -0.1) is 5.10 Å². The third-order valence-corrected chi connectivity index (χ3v) is 2.50. The summed E-state index contributed by atoms with van der Waals surface area (Å²) in [7, 11) is 0. The van der Waals surface area contributed by atoms with Gasteiger partial charge in [-0.3, -0.25) is 4.79 Å². The van der Waals surface area contributed by atoms with Crippen LogP contribution in [0.1, 0.15) is 37.6 Å². The molecule has 1 heterocycles. The molecule has 1 rings (SSSR count). The molecule has 0 saturated carbocycles. The number of anilines is 1. The van der Waals surface area contributed by atoms with E-state index in [-0.39, 0.29) is 18.0 Å². The number of nitrogens with one attached hydrogen (secondary N) is 2. The van der Waals surface area contributed by atoms with Crippen LogP contribution >= 0.6 is 0 Å². The summed E-state index contributed by atoms with van der Waals surface area (Å²) in [5.41, 5.74) is 1.62. The topological polar surface area (TPSA) is 90.7 Å². The summed E-state index contributed by atoms with van der Waals surface area (Å²) in [6, 6.07) is 2.08. The molecule has 0 aliphatic carbocycles. The minimum Gasteiger partial charge on any atom is -0.358 e. The number of aromatic nitrogens is 2. The number of hydrogen-bond donors (Lipinski definition) is 2. The molecule has 0 saturated heterocycles. The molecule has 0 bridgehead atoms. The van der Waals surface area contributed by atoms with Gasteiger partial charge in [0.15, 0.2) is 5.82 Å². The van der Waals surface area contributed by atoms with Gasteiger partial charge < -0.3 is 10.6 Å². The maximum atomic E-state index is 11.7. The number of rotatable bonds is 3. The normalized spacial score (nSPS) is 10.7. The van der Waals surface area contributed by atoms with Crippen LogP contribution in [0.25, 0.3) is 0 Å². The lowest BCUT2D eigenvalue weighted by molar-refractivity contribution is -0.120. The molecule has 0 unspecified atom stereocenters. The van der Waals surface area contributed by atoms with Crippen LogP contribution in [0, 0.1) is 25.2 Å². The van der Waals surface area contributed by atoms with E-state index in [4.69, 9.17) is 5.26 Å². The highest BCUT2D eigenvalue weighted by atomic mass is 16.2. The van der Waals surface area contributed by atoms with Gasteiger partial charge >= 0.3 is 0 Å². The zero-order valence-corrected chi connectivity index (χ0v) is 12.0. The SMILES string of the molecule is Cc1nnc(NCC(=O)NC(C)(C)C)c(C#N)c1C. The van der Waals surface area contributed by atoms with E-state index in [0.29, 0.717) is 17.1 Å². The molecule has 102 valence electrons. The fraction of sp³-hybridized carbons (Fsp3) is 0.538. The predicted molar refractivity (Wildman–Crippen MR) is 72.6 cm³/mol. The summed E-state index contributed by atoms with van der Waals surface area (Å²) in [6.45, 7) is 9.37. The third-order valence-electron chi connectivity index (χ3n) is 2.50. The highest BCUT2D eigenvalue weighted by Crippen LogP contribution is 2.16. The second-order valence-corrected chi connectivity index (χ2v) is 5.40. The predicted octanol–water partition coefficient (Wildman–Crippen LogP) is 1.29. The van der Waals surface area contributed by atoms with Crippen LogP contribution in [0.5, 0.6) is 0 Å². The third kappa shape index (κ3) is 4.21. The van der Waals surface area contributed by atoms with Crippen molar-refractivity contribution < 1.29 is 4.79 Å². The summed E-state index contributed by atoms with van der Waals surface area (Å²) >= 11 is 0. The van der Waals surface area contributed by atoms with E-state index in [1.165, 1.54) is 0 Å². The molecular formula is C13H19N5O. The van der Waals surface area contributed by atoms with E-state index < -0.39 is 0 Å². The number of carbonyl (C=O) groups is 1. The highest BCUT2D eigenvalue weighted by molar-refractivity contribution is 5.81. The van der Waals surface area contributed by atoms with Crippen LogP contribution in [0.15, 0.2) is 0 Å². The average Bonchev–Trinajstić information content (AvgIpc) is 2.28. The van der Waals surface area contributed by atoms with E-state index in [9.17, 15) is 4.79 Å². The molecule has 6 nitrogen and oxygen atoms in total. The molecular weight excluding hydrogens is 242 g/mol. The number of carbonyl (C=O) groups excluding carboxylic acids is 1. The van der Waals surface area contributed by atoms with Gasteiger partial charge in [0.2, 0.25) is 5.91 Å². The van der Waals surface area contributed by atoms with Crippen LogP contribution in [0.4, 0.5) is 5.82 Å². The van der Waals surface area contributed by atoms with Crippen LogP contribution < -0.4 is 10.6 Å². The molecule has 1 amide bonds. The number of hydrogen-bond acceptors (Lipinski definition) is 5. The maximum Gasteiger partial charge on any atom is 0.239 e. The van der Waals surface area contributed by atoms with Crippen molar-refractivity contribution in [2.45, 2.75) is 40.2 Å². The molecule has 6 heteroatoms. The largest absolute Gasteiger partial charge is 0.358 e. The zero-order chi connectivity index (χ0) is 14.6. The number of nitrogens with zero attached hydrogens (tertiary/aromatic N) is 3. The van der Waals surface area contributed by atoms with E-state index in [1.54, 1.807) is 6.92 Å². The quantitative estimate of drug-likeness (QED) is 0.855. The van der Waals surface area contributed by atoms with E-state index in [2.05, 4.69) is 26.9 Å².